The van der Waals surface area contributed by atoms with Gasteiger partial charge in [0.1, 0.15) is 24.4 Å². The predicted molar refractivity (Wildman–Crippen MR) is 194 cm³/mol. The Morgan fingerprint density at radius 2 is 1.02 bits per heavy atom. The summed E-state index contributed by atoms with van der Waals surface area (Å²) in [6.07, 6.45) is 23.2. The highest BCUT2D eigenvalue weighted by Gasteiger charge is 2.44. The minimum absolute atomic E-state index is 0.141. The molecule has 8 atom stereocenters. The van der Waals surface area contributed by atoms with Crippen LogP contribution in [0.15, 0.2) is 0 Å². The molecule has 0 bridgehead atoms. The fraction of sp³-hybridized carbons (Fsp3) is 0.974. The van der Waals surface area contributed by atoms with Crippen LogP contribution < -0.4 is 5.32 Å². The van der Waals surface area contributed by atoms with Gasteiger partial charge in [0.2, 0.25) is 5.91 Å². The number of hydrogen-bond donors (Lipinski definition) is 6. The minimum atomic E-state index is -1.44. The molecule has 9 heteroatoms. The van der Waals surface area contributed by atoms with Gasteiger partial charge in [0.15, 0.2) is 0 Å². The van der Waals surface area contributed by atoms with Gasteiger partial charge in [0.05, 0.1) is 31.0 Å². The molecule has 6 N–H and O–H groups in total. The Balaban J connectivity index is 2.06. The molecule has 0 aromatic heterocycles. The molecule has 1 rings (SSSR count). The summed E-state index contributed by atoms with van der Waals surface area (Å²) in [7, 11) is 1.40. The fourth-order valence-electron chi connectivity index (χ4n) is 6.86. The van der Waals surface area contributed by atoms with Crippen LogP contribution in [-0.4, -0.2) is 93.9 Å². The van der Waals surface area contributed by atoms with Crippen molar-refractivity contribution in [2.24, 2.45) is 0 Å². The minimum Gasteiger partial charge on any atom is -0.390 e. The van der Waals surface area contributed by atoms with E-state index < -0.39 is 48.8 Å². The van der Waals surface area contributed by atoms with Crippen molar-refractivity contribution < 1.29 is 39.8 Å². The molecular formula is C39H77NO8. The lowest BCUT2D eigenvalue weighted by Crippen LogP contribution is -2.58. The van der Waals surface area contributed by atoms with Gasteiger partial charge in [-0.3, -0.25) is 4.79 Å². The van der Waals surface area contributed by atoms with E-state index >= 15 is 0 Å². The van der Waals surface area contributed by atoms with Gasteiger partial charge in [-0.05, 0) is 12.8 Å². The maximum Gasteiger partial charge on any atom is 0.220 e. The van der Waals surface area contributed by atoms with Crippen LogP contribution in [-0.2, 0) is 14.3 Å². The van der Waals surface area contributed by atoms with Crippen molar-refractivity contribution in [3.63, 3.8) is 0 Å². The van der Waals surface area contributed by atoms with Crippen LogP contribution in [0, 0.1) is 0 Å². The molecule has 0 aliphatic heterocycles. The summed E-state index contributed by atoms with van der Waals surface area (Å²) in [5.74, 6) is -0.219. The molecule has 0 spiro atoms. The van der Waals surface area contributed by atoms with Crippen LogP contribution in [0.4, 0.5) is 0 Å². The molecule has 1 saturated carbocycles. The summed E-state index contributed by atoms with van der Waals surface area (Å²) in [5, 5.41) is 54.2. The van der Waals surface area contributed by atoms with Gasteiger partial charge in [0, 0.05) is 20.0 Å². The Morgan fingerprint density at radius 1 is 0.625 bits per heavy atom. The fourth-order valence-corrected chi connectivity index (χ4v) is 6.86. The van der Waals surface area contributed by atoms with Crippen LogP contribution in [0.5, 0.6) is 0 Å². The first-order valence-electron chi connectivity index (χ1n) is 20.1. The summed E-state index contributed by atoms with van der Waals surface area (Å²) in [6, 6.07) is -0.880. The van der Waals surface area contributed by atoms with Crippen LogP contribution in [0.3, 0.4) is 0 Å². The summed E-state index contributed by atoms with van der Waals surface area (Å²) in [4.78, 5) is 12.7. The number of amides is 1. The number of hydrogen-bond acceptors (Lipinski definition) is 8. The van der Waals surface area contributed by atoms with E-state index in [2.05, 4.69) is 12.2 Å². The largest absolute Gasteiger partial charge is 0.390 e. The van der Waals surface area contributed by atoms with Crippen LogP contribution >= 0.6 is 0 Å². The Labute approximate surface area is 294 Å². The molecule has 0 saturated heterocycles. The average Bonchev–Trinajstić information content (AvgIpc) is 3.09. The molecule has 8 unspecified atom stereocenters. The van der Waals surface area contributed by atoms with E-state index in [1.165, 1.54) is 136 Å². The molecule has 1 fully saturated rings. The van der Waals surface area contributed by atoms with E-state index in [-0.39, 0.29) is 18.9 Å². The second-order valence-corrected chi connectivity index (χ2v) is 14.5. The van der Waals surface area contributed by atoms with Crippen molar-refractivity contribution in [1.82, 2.24) is 5.32 Å². The number of nitrogens with one attached hydrogen (secondary N) is 1. The number of ether oxygens (including phenoxy) is 2. The highest BCUT2D eigenvalue weighted by atomic mass is 16.5. The number of carbonyl (C=O) groups is 1. The Kier molecular flexibility index (Phi) is 28.1. The van der Waals surface area contributed by atoms with E-state index in [0.717, 1.165) is 19.3 Å². The van der Waals surface area contributed by atoms with E-state index in [4.69, 9.17) is 9.47 Å². The smallest absolute Gasteiger partial charge is 0.220 e. The first kappa shape index (κ1) is 45.2. The van der Waals surface area contributed by atoms with Gasteiger partial charge in [-0.25, -0.2) is 0 Å². The Hall–Kier alpha value is -0.810. The molecule has 286 valence electrons. The van der Waals surface area contributed by atoms with E-state index in [1.807, 2.05) is 0 Å². The van der Waals surface area contributed by atoms with Crippen molar-refractivity contribution in [2.75, 3.05) is 13.7 Å². The van der Waals surface area contributed by atoms with Crippen LogP contribution in [0.25, 0.3) is 0 Å². The molecule has 0 aromatic rings. The molecule has 0 aromatic carbocycles. The van der Waals surface area contributed by atoms with Crippen molar-refractivity contribution in [1.29, 1.82) is 0 Å². The van der Waals surface area contributed by atoms with Gasteiger partial charge in [-0.1, -0.05) is 155 Å². The standard InChI is InChI=1S/C39H77NO8/c1-4-6-7-8-9-10-11-12-13-14-15-16-17-18-19-20-21-22-23-24-25-26-27-28-35(42)40-31(36(43)32(41)5-2)30-48-34-29-33(47-3)37(44)39(46)38(34)45/h31-34,36-39,41,43-46H,4-30H2,1-3H3,(H,40,42). The van der Waals surface area contributed by atoms with Crippen molar-refractivity contribution in [3.05, 3.63) is 0 Å². The van der Waals surface area contributed by atoms with Crippen LogP contribution in [0.1, 0.15) is 181 Å². The topological polar surface area (TPSA) is 149 Å². The third-order valence-electron chi connectivity index (χ3n) is 10.3. The van der Waals surface area contributed by atoms with Gasteiger partial charge >= 0.3 is 0 Å². The van der Waals surface area contributed by atoms with Crippen molar-refractivity contribution in [2.45, 2.75) is 230 Å². The predicted octanol–water partition coefficient (Wildman–Crippen LogP) is 6.87. The zero-order chi connectivity index (χ0) is 35.4. The first-order valence-corrected chi connectivity index (χ1v) is 20.1. The second-order valence-electron chi connectivity index (χ2n) is 14.5. The summed E-state index contributed by atoms with van der Waals surface area (Å²) >= 11 is 0. The van der Waals surface area contributed by atoms with E-state index in [1.54, 1.807) is 6.92 Å². The quantitative estimate of drug-likeness (QED) is 0.0420. The molecule has 1 aliphatic carbocycles. The average molecular weight is 688 g/mol. The zero-order valence-electron chi connectivity index (χ0n) is 31.2. The highest BCUT2D eigenvalue weighted by molar-refractivity contribution is 5.76. The molecule has 0 radical (unpaired) electrons. The normalized spacial score (nSPS) is 23.2. The molecule has 0 heterocycles. The summed E-state index contributed by atoms with van der Waals surface area (Å²) < 4.78 is 11.0. The third kappa shape index (κ3) is 20.8. The first-order chi connectivity index (χ1) is 23.3. The molecule has 9 nitrogen and oxygen atoms in total. The van der Waals surface area contributed by atoms with Crippen LogP contribution in [0.2, 0.25) is 0 Å². The SMILES string of the molecule is CCCCCCCCCCCCCCCCCCCCCCCCCC(=O)NC(COC1CC(OC)C(O)C(O)C1O)C(O)C(O)CC. The summed E-state index contributed by atoms with van der Waals surface area (Å²) in [6.45, 7) is 3.86. The molecule has 48 heavy (non-hydrogen) atoms. The van der Waals surface area contributed by atoms with Crippen molar-refractivity contribution >= 4 is 5.91 Å². The second kappa shape index (κ2) is 29.9. The summed E-state index contributed by atoms with van der Waals surface area (Å²) in [5.41, 5.74) is 0. The Morgan fingerprint density at radius 3 is 1.42 bits per heavy atom. The lowest BCUT2D eigenvalue weighted by Gasteiger charge is -2.40. The maximum atomic E-state index is 12.7. The van der Waals surface area contributed by atoms with E-state index in [9.17, 15) is 30.3 Å². The highest BCUT2D eigenvalue weighted by Crippen LogP contribution is 2.25. The van der Waals surface area contributed by atoms with Gasteiger partial charge in [-0.2, -0.15) is 0 Å². The van der Waals surface area contributed by atoms with Crippen molar-refractivity contribution in [3.8, 4) is 0 Å². The number of rotatable bonds is 32. The number of carbonyl (C=O) groups excluding carboxylic acids is 1. The number of methoxy groups -OCH3 is 1. The number of aliphatic hydroxyl groups is 5. The maximum absolute atomic E-state index is 12.7. The zero-order valence-corrected chi connectivity index (χ0v) is 31.2. The van der Waals surface area contributed by atoms with Gasteiger partial charge in [-0.15, -0.1) is 0 Å². The number of unbranched alkanes of at least 4 members (excludes halogenated alkanes) is 22. The molecule has 1 aliphatic rings. The molecule has 1 amide bonds. The van der Waals surface area contributed by atoms with Gasteiger partial charge in [0.25, 0.3) is 0 Å². The third-order valence-corrected chi connectivity index (χ3v) is 10.3. The number of aliphatic hydroxyl groups excluding tert-OH is 5. The Bertz CT molecular complexity index is 741. The monoisotopic (exact) mass is 688 g/mol. The lowest BCUT2D eigenvalue weighted by molar-refractivity contribution is -0.198. The lowest BCUT2D eigenvalue weighted by atomic mass is 9.87. The van der Waals surface area contributed by atoms with E-state index in [0.29, 0.717) is 12.8 Å². The molecular weight excluding hydrogens is 610 g/mol. The van der Waals surface area contributed by atoms with Gasteiger partial charge < -0.3 is 40.3 Å².